The average Bonchev–Trinajstić information content (AvgIpc) is 2.98. The van der Waals surface area contributed by atoms with Crippen LogP contribution in [0.3, 0.4) is 0 Å². The molecule has 0 aliphatic carbocycles. The van der Waals surface area contributed by atoms with Gasteiger partial charge in [-0.15, -0.1) is 0 Å². The van der Waals surface area contributed by atoms with Crippen LogP contribution in [0.25, 0.3) is 0 Å². The van der Waals surface area contributed by atoms with E-state index in [2.05, 4.69) is 4.98 Å². The molecule has 0 fully saturated rings. The summed E-state index contributed by atoms with van der Waals surface area (Å²) in [6.07, 6.45) is 3.17. The van der Waals surface area contributed by atoms with Gasteiger partial charge in [-0.05, 0) is 19.9 Å². The lowest BCUT2D eigenvalue weighted by molar-refractivity contribution is -0.177. The van der Waals surface area contributed by atoms with Gasteiger partial charge in [0.15, 0.2) is 17.9 Å². The van der Waals surface area contributed by atoms with Crippen molar-refractivity contribution in [3.05, 3.63) is 34.7 Å². The van der Waals surface area contributed by atoms with Crippen molar-refractivity contribution in [3.8, 4) is 0 Å². The molecule has 0 spiro atoms. The van der Waals surface area contributed by atoms with Crippen LogP contribution in [-0.4, -0.2) is 39.8 Å². The fourth-order valence-corrected chi connectivity index (χ4v) is 2.29. The van der Waals surface area contributed by atoms with E-state index in [0.29, 0.717) is 6.42 Å². The van der Waals surface area contributed by atoms with E-state index in [9.17, 15) is 18.8 Å². The molecule has 2 unspecified atom stereocenters. The Bertz CT molecular complexity index is 789. The summed E-state index contributed by atoms with van der Waals surface area (Å²) in [6.45, 7) is 4.05. The van der Waals surface area contributed by atoms with Crippen LogP contribution in [0.15, 0.2) is 23.1 Å². The molecule has 0 aromatic carbocycles. The van der Waals surface area contributed by atoms with Gasteiger partial charge in [0, 0.05) is 13.3 Å². The number of nitrogens with zero attached hydrogens (tertiary/aromatic N) is 2. The fourth-order valence-electron chi connectivity index (χ4n) is 2.29. The maximum Gasteiger partial charge on any atom is 0.352 e. The van der Waals surface area contributed by atoms with Gasteiger partial charge in [0.2, 0.25) is 5.60 Å². The van der Waals surface area contributed by atoms with E-state index in [4.69, 9.17) is 19.9 Å². The Kier molecular flexibility index (Phi) is 5.76. The van der Waals surface area contributed by atoms with Gasteiger partial charge < -0.3 is 19.9 Å². The molecule has 1 aromatic heterocycles. The number of aromatic nitrogens is 2. The Labute approximate surface area is 148 Å². The Hall–Kier alpha value is -2.75. The summed E-state index contributed by atoms with van der Waals surface area (Å²) in [6, 6.07) is 0. The molecule has 26 heavy (non-hydrogen) atoms. The number of anilines is 1. The van der Waals surface area contributed by atoms with Gasteiger partial charge in [-0.25, -0.2) is 14.0 Å². The SMILES string of the molecule is CC(=O)OC(C)(C)C(=O)OCCC1C=CC(n2cc(F)c(N)nc2=O)O1. The molecule has 0 saturated carbocycles. The van der Waals surface area contributed by atoms with Crippen molar-refractivity contribution in [2.45, 2.75) is 45.1 Å². The fraction of sp³-hybridized carbons (Fsp3) is 0.500. The molecule has 1 aliphatic rings. The van der Waals surface area contributed by atoms with Gasteiger partial charge in [-0.1, -0.05) is 6.08 Å². The van der Waals surface area contributed by atoms with Crippen molar-refractivity contribution in [3.63, 3.8) is 0 Å². The zero-order chi connectivity index (χ0) is 19.5. The van der Waals surface area contributed by atoms with Crippen molar-refractivity contribution < 1.29 is 28.2 Å². The molecule has 2 heterocycles. The highest BCUT2D eigenvalue weighted by atomic mass is 19.1. The quantitative estimate of drug-likeness (QED) is 0.574. The van der Waals surface area contributed by atoms with Crippen molar-refractivity contribution >= 4 is 17.8 Å². The van der Waals surface area contributed by atoms with Gasteiger partial charge in [0.25, 0.3) is 0 Å². The summed E-state index contributed by atoms with van der Waals surface area (Å²) in [4.78, 5) is 38.0. The summed E-state index contributed by atoms with van der Waals surface area (Å²) < 4.78 is 30.0. The van der Waals surface area contributed by atoms with E-state index in [0.717, 1.165) is 10.8 Å². The van der Waals surface area contributed by atoms with Crippen molar-refractivity contribution in [2.75, 3.05) is 12.3 Å². The zero-order valence-corrected chi connectivity index (χ0v) is 14.6. The normalized spacial score (nSPS) is 19.4. The maximum atomic E-state index is 13.5. The summed E-state index contributed by atoms with van der Waals surface area (Å²) in [7, 11) is 0. The number of carbonyl (C=O) groups excluding carboxylic acids is 2. The second kappa shape index (κ2) is 7.65. The second-order valence-corrected chi connectivity index (χ2v) is 6.14. The largest absolute Gasteiger partial charge is 0.463 e. The standard InChI is InChI=1S/C16H20FN3O6/c1-9(21)26-16(2,3)14(22)24-7-6-10-4-5-12(25-10)20-8-11(17)13(18)19-15(20)23/h4-5,8,10,12H,6-7H2,1-3H3,(H2,18,19,23). The first kappa shape index (κ1) is 19.6. The van der Waals surface area contributed by atoms with E-state index >= 15 is 0 Å². The van der Waals surface area contributed by atoms with Crippen LogP contribution in [0.1, 0.15) is 33.4 Å². The van der Waals surface area contributed by atoms with Gasteiger partial charge >= 0.3 is 17.6 Å². The van der Waals surface area contributed by atoms with E-state index in [1.54, 1.807) is 12.2 Å². The predicted molar refractivity (Wildman–Crippen MR) is 87.3 cm³/mol. The molecule has 0 amide bonds. The van der Waals surface area contributed by atoms with Crippen molar-refractivity contribution in [1.82, 2.24) is 9.55 Å². The van der Waals surface area contributed by atoms with E-state index in [-0.39, 0.29) is 6.61 Å². The van der Waals surface area contributed by atoms with Crippen LogP contribution in [0.2, 0.25) is 0 Å². The average molecular weight is 369 g/mol. The molecule has 142 valence electrons. The minimum Gasteiger partial charge on any atom is -0.463 e. The monoisotopic (exact) mass is 369 g/mol. The Morgan fingerprint density at radius 1 is 1.42 bits per heavy atom. The van der Waals surface area contributed by atoms with Crippen molar-refractivity contribution in [2.24, 2.45) is 0 Å². The zero-order valence-electron chi connectivity index (χ0n) is 14.6. The molecular weight excluding hydrogens is 349 g/mol. The minimum absolute atomic E-state index is 0.00844. The minimum atomic E-state index is -1.39. The summed E-state index contributed by atoms with van der Waals surface area (Å²) in [5.74, 6) is -2.59. The van der Waals surface area contributed by atoms with Crippen molar-refractivity contribution in [1.29, 1.82) is 0 Å². The predicted octanol–water partition coefficient (Wildman–Crippen LogP) is 0.693. The van der Waals surface area contributed by atoms with Crippen LogP contribution in [0.4, 0.5) is 10.2 Å². The molecular formula is C16H20FN3O6. The number of nitrogen functional groups attached to an aromatic ring is 1. The number of rotatable bonds is 6. The Morgan fingerprint density at radius 2 is 2.12 bits per heavy atom. The van der Waals surface area contributed by atoms with Gasteiger partial charge in [0.05, 0.1) is 18.9 Å². The highest BCUT2D eigenvalue weighted by Gasteiger charge is 2.33. The number of nitrogens with two attached hydrogens (primary N) is 1. The molecule has 0 bridgehead atoms. The highest BCUT2D eigenvalue weighted by Crippen LogP contribution is 2.22. The molecule has 1 aliphatic heterocycles. The van der Waals surface area contributed by atoms with E-state index in [1.165, 1.54) is 20.8 Å². The third-order valence-electron chi connectivity index (χ3n) is 3.54. The summed E-state index contributed by atoms with van der Waals surface area (Å²) in [5, 5.41) is 0. The molecule has 0 radical (unpaired) electrons. The molecule has 10 heteroatoms. The topological polar surface area (TPSA) is 123 Å². The van der Waals surface area contributed by atoms with Crippen LogP contribution in [0, 0.1) is 5.82 Å². The lowest BCUT2D eigenvalue weighted by Crippen LogP contribution is -2.38. The molecule has 9 nitrogen and oxygen atoms in total. The Balaban J connectivity index is 1.86. The summed E-state index contributed by atoms with van der Waals surface area (Å²) >= 11 is 0. The summed E-state index contributed by atoms with van der Waals surface area (Å²) in [5.41, 5.74) is 3.11. The molecule has 2 N–H and O–H groups in total. The number of esters is 2. The first-order valence-corrected chi connectivity index (χ1v) is 7.85. The number of hydrogen-bond donors (Lipinski definition) is 1. The first-order chi connectivity index (χ1) is 12.1. The maximum absolute atomic E-state index is 13.5. The van der Waals surface area contributed by atoms with Crippen LogP contribution < -0.4 is 11.4 Å². The molecule has 1 aromatic rings. The van der Waals surface area contributed by atoms with Crippen LogP contribution in [-0.2, 0) is 23.8 Å². The van der Waals surface area contributed by atoms with E-state index < -0.39 is 47.2 Å². The second-order valence-electron chi connectivity index (χ2n) is 6.14. The lowest BCUT2D eigenvalue weighted by Gasteiger charge is -2.22. The van der Waals surface area contributed by atoms with Crippen LogP contribution in [0.5, 0.6) is 0 Å². The molecule has 2 rings (SSSR count). The molecule has 2 atom stereocenters. The smallest absolute Gasteiger partial charge is 0.352 e. The number of carbonyl (C=O) groups is 2. The molecule has 0 saturated heterocycles. The van der Waals surface area contributed by atoms with E-state index in [1.807, 2.05) is 0 Å². The Morgan fingerprint density at radius 3 is 2.77 bits per heavy atom. The van der Waals surface area contributed by atoms with Crippen LogP contribution >= 0.6 is 0 Å². The number of halogens is 1. The first-order valence-electron chi connectivity index (χ1n) is 7.85. The van der Waals surface area contributed by atoms with Gasteiger partial charge in [-0.2, -0.15) is 4.98 Å². The lowest BCUT2D eigenvalue weighted by atomic mass is 10.1. The van der Waals surface area contributed by atoms with Gasteiger partial charge in [-0.3, -0.25) is 9.36 Å². The number of hydrogen-bond acceptors (Lipinski definition) is 8. The highest BCUT2D eigenvalue weighted by molar-refractivity contribution is 5.82. The third kappa shape index (κ3) is 4.66. The third-order valence-corrected chi connectivity index (χ3v) is 3.54. The van der Waals surface area contributed by atoms with Gasteiger partial charge in [0.1, 0.15) is 0 Å². The number of ether oxygens (including phenoxy) is 3.